The molecule has 4 rings (SSSR count). The third-order valence-corrected chi connectivity index (χ3v) is 6.01. The molecule has 0 radical (unpaired) electrons. The largest absolute Gasteiger partial charge is 0.493 e. The van der Waals surface area contributed by atoms with Crippen LogP contribution >= 0.6 is 11.6 Å². The van der Waals surface area contributed by atoms with Crippen molar-refractivity contribution in [2.24, 2.45) is 0 Å². The molecule has 27 heavy (non-hydrogen) atoms. The predicted octanol–water partition coefficient (Wildman–Crippen LogP) is 3.74. The molecule has 6 heteroatoms. The summed E-state index contributed by atoms with van der Waals surface area (Å²) in [6, 6.07) is 2.19. The third kappa shape index (κ3) is 3.93. The maximum absolute atomic E-state index is 10.7. The Balaban J connectivity index is 1.62. The van der Waals surface area contributed by atoms with Crippen LogP contribution < -0.4 is 9.47 Å². The van der Waals surface area contributed by atoms with Gasteiger partial charge in [-0.2, -0.15) is 0 Å². The molecule has 2 heterocycles. The van der Waals surface area contributed by atoms with Crippen LogP contribution in [0.25, 0.3) is 0 Å². The molecule has 1 N–H and O–H groups in total. The molecule has 1 saturated carbocycles. The molecule has 2 aliphatic heterocycles. The predicted molar refractivity (Wildman–Crippen MR) is 105 cm³/mol. The van der Waals surface area contributed by atoms with Gasteiger partial charge in [-0.3, -0.25) is 4.90 Å². The molecule has 3 aliphatic rings. The van der Waals surface area contributed by atoms with E-state index in [9.17, 15) is 5.11 Å². The quantitative estimate of drug-likeness (QED) is 0.841. The summed E-state index contributed by atoms with van der Waals surface area (Å²) in [5.74, 6) is 1.37. The molecule has 0 bridgehead atoms. The molecule has 0 amide bonds. The summed E-state index contributed by atoms with van der Waals surface area (Å²) in [5, 5.41) is 11.4. The summed E-state index contributed by atoms with van der Waals surface area (Å²) in [5.41, 5.74) is 2.02. The van der Waals surface area contributed by atoms with Crippen molar-refractivity contribution in [1.82, 2.24) is 4.90 Å². The first kappa shape index (κ1) is 19.3. The summed E-state index contributed by atoms with van der Waals surface area (Å²) >= 11 is 6.76. The topological polar surface area (TPSA) is 51.2 Å². The van der Waals surface area contributed by atoms with Gasteiger partial charge in [0.2, 0.25) is 0 Å². The molecule has 5 nitrogen and oxygen atoms in total. The van der Waals surface area contributed by atoms with E-state index in [1.807, 2.05) is 20.8 Å². The Morgan fingerprint density at radius 3 is 2.63 bits per heavy atom. The maximum atomic E-state index is 10.7. The van der Waals surface area contributed by atoms with Gasteiger partial charge in [-0.1, -0.05) is 11.6 Å². The van der Waals surface area contributed by atoms with Crippen molar-refractivity contribution < 1.29 is 19.3 Å². The number of hydrogen-bond acceptors (Lipinski definition) is 5. The molecule has 1 aliphatic carbocycles. The second-order valence-electron chi connectivity index (χ2n) is 8.94. The Labute approximate surface area is 166 Å². The first-order chi connectivity index (χ1) is 12.8. The minimum absolute atomic E-state index is 0.130. The summed E-state index contributed by atoms with van der Waals surface area (Å²) in [6.07, 6.45) is 3.26. The number of aliphatic hydroxyl groups excluding tert-OH is 1. The lowest BCUT2D eigenvalue weighted by Crippen LogP contribution is -2.53. The second-order valence-corrected chi connectivity index (χ2v) is 9.32. The van der Waals surface area contributed by atoms with E-state index < -0.39 is 6.10 Å². The van der Waals surface area contributed by atoms with Crippen LogP contribution in [0.15, 0.2) is 6.07 Å². The Hall–Kier alpha value is -1.01. The molecular weight excluding hydrogens is 366 g/mol. The number of hydrogen-bond donors (Lipinski definition) is 1. The maximum Gasteiger partial charge on any atom is 0.180 e. The lowest BCUT2D eigenvalue weighted by atomic mass is 9.84. The van der Waals surface area contributed by atoms with E-state index in [1.165, 1.54) is 0 Å². The van der Waals surface area contributed by atoms with Crippen LogP contribution in [0.2, 0.25) is 5.02 Å². The molecule has 3 atom stereocenters. The number of benzene rings is 1. The first-order valence-corrected chi connectivity index (χ1v) is 10.3. The van der Waals surface area contributed by atoms with Crippen LogP contribution in [0, 0.1) is 0 Å². The standard InChI is InChI=1S/C21H30ClNO4/c1-21(2,3)27-18-11-23-8-7-13-14(15(23)10-16(18)24)9-17(25-4)20(19(13)22)26-12-5-6-12/h9,12,15-16,18,24H,5-8,10-11H2,1-4H3/t15-,16-,18-/m1/s1. The number of ether oxygens (including phenoxy) is 3. The lowest BCUT2D eigenvalue weighted by molar-refractivity contribution is -0.149. The van der Waals surface area contributed by atoms with Crippen molar-refractivity contribution >= 4 is 11.6 Å². The van der Waals surface area contributed by atoms with Crippen LogP contribution in [0.1, 0.15) is 57.2 Å². The molecule has 0 spiro atoms. The number of methoxy groups -OCH3 is 1. The Kier molecular flexibility index (Phi) is 5.08. The van der Waals surface area contributed by atoms with Gasteiger partial charge in [0.15, 0.2) is 11.5 Å². The van der Waals surface area contributed by atoms with Crippen molar-refractivity contribution in [3.8, 4) is 11.5 Å². The Morgan fingerprint density at radius 2 is 2.00 bits per heavy atom. The van der Waals surface area contributed by atoms with Crippen LogP contribution in [0.5, 0.6) is 11.5 Å². The zero-order valence-corrected chi connectivity index (χ0v) is 17.4. The van der Waals surface area contributed by atoms with Crippen molar-refractivity contribution in [1.29, 1.82) is 0 Å². The fourth-order valence-corrected chi connectivity index (χ4v) is 4.58. The summed E-state index contributed by atoms with van der Waals surface area (Å²) < 4.78 is 17.7. The highest BCUT2D eigenvalue weighted by Crippen LogP contribution is 2.48. The number of halogens is 1. The zero-order chi connectivity index (χ0) is 19.3. The van der Waals surface area contributed by atoms with Crippen LogP contribution in [-0.2, 0) is 11.2 Å². The van der Waals surface area contributed by atoms with Gasteiger partial charge >= 0.3 is 0 Å². The molecule has 1 aromatic rings. The highest BCUT2D eigenvalue weighted by atomic mass is 35.5. The van der Waals surface area contributed by atoms with E-state index in [4.69, 9.17) is 25.8 Å². The van der Waals surface area contributed by atoms with E-state index in [1.54, 1.807) is 7.11 Å². The normalized spacial score (nSPS) is 28.4. The van der Waals surface area contributed by atoms with E-state index in [2.05, 4.69) is 11.0 Å². The minimum atomic E-state index is -0.497. The SMILES string of the molecule is COc1cc2c(c(Cl)c1OC1CC1)CCN1C[C@@H](OC(C)(C)C)[C@H](O)C[C@H]21. The van der Waals surface area contributed by atoms with E-state index in [0.717, 1.165) is 43.5 Å². The molecule has 0 unspecified atom stereocenters. The van der Waals surface area contributed by atoms with E-state index in [-0.39, 0.29) is 23.9 Å². The van der Waals surface area contributed by atoms with Gasteiger partial charge in [-0.25, -0.2) is 0 Å². The molecular formula is C21H30ClNO4. The number of piperidine rings is 1. The Bertz CT molecular complexity index is 713. The van der Waals surface area contributed by atoms with Crippen LogP contribution in [0.4, 0.5) is 0 Å². The van der Waals surface area contributed by atoms with Crippen molar-refractivity contribution in [2.75, 3.05) is 20.2 Å². The van der Waals surface area contributed by atoms with Gasteiger partial charge < -0.3 is 19.3 Å². The lowest BCUT2D eigenvalue weighted by Gasteiger charge is -2.47. The summed E-state index contributed by atoms with van der Waals surface area (Å²) in [6.45, 7) is 7.72. The van der Waals surface area contributed by atoms with Crippen molar-refractivity contribution in [3.63, 3.8) is 0 Å². The van der Waals surface area contributed by atoms with Crippen LogP contribution in [-0.4, -0.2) is 54.1 Å². The molecule has 1 saturated heterocycles. The van der Waals surface area contributed by atoms with Gasteiger partial charge in [0.05, 0.1) is 36.0 Å². The van der Waals surface area contributed by atoms with Gasteiger partial charge in [0, 0.05) is 19.1 Å². The van der Waals surface area contributed by atoms with Crippen molar-refractivity contribution in [2.45, 2.75) is 76.4 Å². The highest BCUT2D eigenvalue weighted by Gasteiger charge is 2.41. The van der Waals surface area contributed by atoms with Crippen molar-refractivity contribution in [3.05, 3.63) is 22.2 Å². The second kappa shape index (κ2) is 7.11. The van der Waals surface area contributed by atoms with Crippen LogP contribution in [0.3, 0.4) is 0 Å². The van der Waals surface area contributed by atoms with Gasteiger partial charge in [0.25, 0.3) is 0 Å². The molecule has 150 valence electrons. The third-order valence-electron chi connectivity index (χ3n) is 5.61. The van der Waals surface area contributed by atoms with E-state index >= 15 is 0 Å². The monoisotopic (exact) mass is 395 g/mol. The zero-order valence-electron chi connectivity index (χ0n) is 16.6. The minimum Gasteiger partial charge on any atom is -0.493 e. The number of fused-ring (bicyclic) bond motifs is 3. The summed E-state index contributed by atoms with van der Waals surface area (Å²) in [7, 11) is 1.65. The smallest absolute Gasteiger partial charge is 0.180 e. The fraction of sp³-hybridized carbons (Fsp3) is 0.714. The number of rotatable bonds is 4. The highest BCUT2D eigenvalue weighted by molar-refractivity contribution is 6.33. The first-order valence-electron chi connectivity index (χ1n) is 9.92. The number of aliphatic hydroxyl groups is 1. The molecule has 2 fully saturated rings. The average molecular weight is 396 g/mol. The average Bonchev–Trinajstić information content (AvgIpc) is 3.40. The fourth-order valence-electron chi connectivity index (χ4n) is 4.24. The van der Waals surface area contributed by atoms with Gasteiger partial charge in [-0.05, 0) is 63.6 Å². The number of nitrogens with zero attached hydrogens (tertiary/aromatic N) is 1. The Morgan fingerprint density at radius 1 is 1.26 bits per heavy atom. The van der Waals surface area contributed by atoms with Gasteiger partial charge in [-0.15, -0.1) is 0 Å². The summed E-state index contributed by atoms with van der Waals surface area (Å²) in [4.78, 5) is 2.41. The van der Waals surface area contributed by atoms with E-state index in [0.29, 0.717) is 22.9 Å². The molecule has 0 aromatic heterocycles. The van der Waals surface area contributed by atoms with Gasteiger partial charge in [0.1, 0.15) is 0 Å². The molecule has 1 aromatic carbocycles.